The van der Waals surface area contributed by atoms with Crippen molar-refractivity contribution < 1.29 is 8.91 Å². The maximum atomic E-state index is 13.4. The maximum Gasteiger partial charge on any atom is 0.247 e. The molecule has 1 saturated carbocycles. The monoisotopic (exact) mass is 353 g/mol. The van der Waals surface area contributed by atoms with Crippen LogP contribution in [0.1, 0.15) is 38.5 Å². The Morgan fingerprint density at radius 1 is 1.48 bits per heavy atom. The van der Waals surface area contributed by atoms with Gasteiger partial charge in [0.05, 0.1) is 5.54 Å². The van der Waals surface area contributed by atoms with Gasteiger partial charge in [0.15, 0.2) is 0 Å². The minimum atomic E-state index is -0.567. The molecule has 2 N–H and O–H groups in total. The molecule has 3 rings (SSSR count). The van der Waals surface area contributed by atoms with Crippen molar-refractivity contribution in [2.75, 3.05) is 0 Å². The zero-order valence-corrected chi connectivity index (χ0v) is 13.4. The van der Waals surface area contributed by atoms with E-state index in [4.69, 9.17) is 10.3 Å². The highest BCUT2D eigenvalue weighted by Gasteiger charge is 2.38. The van der Waals surface area contributed by atoms with Gasteiger partial charge in [-0.15, -0.1) is 0 Å². The fraction of sp³-hybridized carbons (Fsp3) is 0.467. The number of nitrogens with two attached hydrogens (primary N) is 1. The second-order valence-corrected chi connectivity index (χ2v) is 6.76. The summed E-state index contributed by atoms with van der Waals surface area (Å²) in [7, 11) is 0. The van der Waals surface area contributed by atoms with Crippen molar-refractivity contribution in [2.45, 2.75) is 38.1 Å². The average molecular weight is 354 g/mol. The summed E-state index contributed by atoms with van der Waals surface area (Å²) in [6.45, 7) is 2.18. The molecule has 0 spiro atoms. The van der Waals surface area contributed by atoms with Crippen LogP contribution in [0.4, 0.5) is 4.39 Å². The number of benzene rings is 1. The van der Waals surface area contributed by atoms with Crippen LogP contribution in [-0.4, -0.2) is 10.1 Å². The average Bonchev–Trinajstić information content (AvgIpc) is 2.91. The minimum Gasteiger partial charge on any atom is -0.337 e. The number of aromatic nitrogens is 2. The van der Waals surface area contributed by atoms with Crippen LogP contribution in [0.3, 0.4) is 0 Å². The third kappa shape index (κ3) is 2.87. The molecule has 112 valence electrons. The molecule has 0 amide bonds. The van der Waals surface area contributed by atoms with Gasteiger partial charge in [-0.05, 0) is 37.0 Å². The van der Waals surface area contributed by atoms with Crippen LogP contribution in [0.15, 0.2) is 27.2 Å². The molecule has 4 nitrogen and oxygen atoms in total. The van der Waals surface area contributed by atoms with E-state index in [-0.39, 0.29) is 5.82 Å². The van der Waals surface area contributed by atoms with E-state index in [0.29, 0.717) is 23.2 Å². The van der Waals surface area contributed by atoms with Crippen molar-refractivity contribution in [3.8, 4) is 11.4 Å². The van der Waals surface area contributed by atoms with Gasteiger partial charge in [0, 0.05) is 10.0 Å². The van der Waals surface area contributed by atoms with Crippen LogP contribution in [0.5, 0.6) is 0 Å². The molecule has 0 aliphatic heterocycles. The summed E-state index contributed by atoms with van der Waals surface area (Å²) in [5, 5.41) is 3.97. The molecule has 1 aliphatic carbocycles. The Balaban J connectivity index is 1.94. The minimum absolute atomic E-state index is 0.340. The lowest BCUT2D eigenvalue weighted by Crippen LogP contribution is -2.41. The lowest BCUT2D eigenvalue weighted by molar-refractivity contribution is 0.183. The fourth-order valence-corrected chi connectivity index (χ4v) is 3.41. The number of rotatable bonds is 2. The molecule has 2 aromatic rings. The van der Waals surface area contributed by atoms with Crippen LogP contribution in [0, 0.1) is 11.7 Å². The number of halogens is 2. The third-order valence-electron chi connectivity index (χ3n) is 4.05. The molecule has 1 aromatic heterocycles. The molecule has 1 aliphatic rings. The first-order chi connectivity index (χ1) is 9.98. The zero-order chi connectivity index (χ0) is 15.0. The Hall–Kier alpha value is -1.27. The molecule has 2 unspecified atom stereocenters. The van der Waals surface area contributed by atoms with Crippen LogP contribution in [0.2, 0.25) is 0 Å². The molecular weight excluding hydrogens is 337 g/mol. The summed E-state index contributed by atoms with van der Waals surface area (Å²) >= 11 is 3.38. The van der Waals surface area contributed by atoms with Gasteiger partial charge in [0.1, 0.15) is 5.82 Å². The summed E-state index contributed by atoms with van der Waals surface area (Å²) in [6, 6.07) is 4.38. The van der Waals surface area contributed by atoms with Gasteiger partial charge in [-0.1, -0.05) is 40.9 Å². The highest BCUT2D eigenvalue weighted by atomic mass is 79.9. The van der Waals surface area contributed by atoms with E-state index < -0.39 is 5.54 Å². The first-order valence-corrected chi connectivity index (χ1v) is 7.86. The van der Waals surface area contributed by atoms with Gasteiger partial charge < -0.3 is 10.3 Å². The molecule has 6 heteroatoms. The highest BCUT2D eigenvalue weighted by molar-refractivity contribution is 9.10. The first kappa shape index (κ1) is 14.7. The fourth-order valence-electron chi connectivity index (χ4n) is 2.99. The Labute approximate surface area is 131 Å². The molecule has 1 heterocycles. The van der Waals surface area contributed by atoms with Crippen molar-refractivity contribution in [2.24, 2.45) is 11.7 Å². The molecule has 1 fully saturated rings. The van der Waals surface area contributed by atoms with E-state index in [0.717, 1.165) is 23.7 Å². The van der Waals surface area contributed by atoms with Gasteiger partial charge >= 0.3 is 0 Å². The van der Waals surface area contributed by atoms with Crippen LogP contribution >= 0.6 is 15.9 Å². The van der Waals surface area contributed by atoms with Gasteiger partial charge in [-0.3, -0.25) is 0 Å². The normalized spacial score (nSPS) is 26.0. The van der Waals surface area contributed by atoms with Crippen molar-refractivity contribution in [1.29, 1.82) is 0 Å². The van der Waals surface area contributed by atoms with E-state index in [9.17, 15) is 4.39 Å². The maximum absolute atomic E-state index is 13.4. The Bertz CT molecular complexity index is 660. The molecule has 1 aromatic carbocycles. The molecule has 21 heavy (non-hydrogen) atoms. The molecule has 0 bridgehead atoms. The Morgan fingerprint density at radius 3 is 3.05 bits per heavy atom. The molecule has 2 atom stereocenters. The van der Waals surface area contributed by atoms with E-state index in [1.54, 1.807) is 6.07 Å². The molecule has 0 radical (unpaired) electrons. The number of hydrogen-bond donors (Lipinski definition) is 1. The van der Waals surface area contributed by atoms with E-state index in [1.807, 2.05) is 0 Å². The number of hydrogen-bond acceptors (Lipinski definition) is 4. The van der Waals surface area contributed by atoms with Gasteiger partial charge in [-0.2, -0.15) is 4.98 Å². The second kappa shape index (κ2) is 5.50. The highest BCUT2D eigenvalue weighted by Crippen LogP contribution is 2.38. The lowest BCUT2D eigenvalue weighted by atomic mass is 9.77. The van der Waals surface area contributed by atoms with Crippen molar-refractivity contribution in [1.82, 2.24) is 10.1 Å². The SMILES string of the molecule is CC1CCCC(N)(c2nc(-c3cc(F)ccc3Br)no2)C1. The van der Waals surface area contributed by atoms with E-state index in [2.05, 4.69) is 33.0 Å². The predicted octanol–water partition coefficient (Wildman–Crippen LogP) is 4.00. The third-order valence-corrected chi connectivity index (χ3v) is 4.75. The predicted molar refractivity (Wildman–Crippen MR) is 80.9 cm³/mol. The van der Waals surface area contributed by atoms with Crippen LogP contribution in [0.25, 0.3) is 11.4 Å². The summed E-state index contributed by atoms with van der Waals surface area (Å²) in [6.07, 6.45) is 3.90. The lowest BCUT2D eigenvalue weighted by Gasteiger charge is -2.33. The standard InChI is InChI=1S/C15H17BrFN3O/c1-9-3-2-6-15(18,8-9)14-19-13(20-21-14)11-7-10(17)4-5-12(11)16/h4-5,7,9H,2-3,6,8,18H2,1H3. The van der Waals surface area contributed by atoms with Gasteiger partial charge in [-0.25, -0.2) is 4.39 Å². The van der Waals surface area contributed by atoms with E-state index in [1.165, 1.54) is 18.6 Å². The quantitative estimate of drug-likeness (QED) is 0.885. The topological polar surface area (TPSA) is 64.9 Å². The van der Waals surface area contributed by atoms with E-state index >= 15 is 0 Å². The smallest absolute Gasteiger partial charge is 0.247 e. The zero-order valence-electron chi connectivity index (χ0n) is 11.8. The molecule has 0 saturated heterocycles. The largest absolute Gasteiger partial charge is 0.337 e. The van der Waals surface area contributed by atoms with Crippen molar-refractivity contribution in [3.05, 3.63) is 34.4 Å². The first-order valence-electron chi connectivity index (χ1n) is 7.06. The Kier molecular flexibility index (Phi) is 3.84. The van der Waals surface area contributed by atoms with Crippen molar-refractivity contribution in [3.63, 3.8) is 0 Å². The van der Waals surface area contributed by atoms with Gasteiger partial charge in [0.25, 0.3) is 0 Å². The Morgan fingerprint density at radius 2 is 2.29 bits per heavy atom. The van der Waals surface area contributed by atoms with Gasteiger partial charge in [0.2, 0.25) is 11.7 Å². The second-order valence-electron chi connectivity index (χ2n) is 5.90. The summed E-state index contributed by atoms with van der Waals surface area (Å²) in [5.74, 6) is 1.01. The summed E-state index contributed by atoms with van der Waals surface area (Å²) in [4.78, 5) is 4.41. The van der Waals surface area contributed by atoms with Crippen molar-refractivity contribution >= 4 is 15.9 Å². The summed E-state index contributed by atoms with van der Waals surface area (Å²) in [5.41, 5.74) is 6.45. The molecular formula is C15H17BrFN3O. The van der Waals surface area contributed by atoms with Crippen LogP contribution < -0.4 is 5.73 Å². The van der Waals surface area contributed by atoms with Crippen LogP contribution in [-0.2, 0) is 5.54 Å². The number of nitrogens with zero attached hydrogens (tertiary/aromatic N) is 2. The summed E-state index contributed by atoms with van der Waals surface area (Å²) < 4.78 is 19.5.